The molecule has 2 amide bonds. The number of nitrogens with two attached hydrogens (primary N) is 2. The van der Waals surface area contributed by atoms with Crippen LogP contribution in [0.3, 0.4) is 0 Å². The van der Waals surface area contributed by atoms with Gasteiger partial charge in [0.05, 0.1) is 12.6 Å². The van der Waals surface area contributed by atoms with Crippen LogP contribution in [-0.2, 0) is 20.7 Å². The maximum absolute atomic E-state index is 13.3. The summed E-state index contributed by atoms with van der Waals surface area (Å²) in [6.07, 6.45) is 7.78. The Labute approximate surface area is 216 Å². The highest BCUT2D eigenvalue weighted by atomic mass is 16.7. The number of hydrogen-bond acceptors (Lipinski definition) is 6. The zero-order valence-corrected chi connectivity index (χ0v) is 22.7. The van der Waals surface area contributed by atoms with Crippen LogP contribution in [0, 0.1) is 25.7 Å². The van der Waals surface area contributed by atoms with Crippen molar-refractivity contribution in [3.05, 3.63) is 28.8 Å². The van der Waals surface area contributed by atoms with Gasteiger partial charge in [-0.15, -0.1) is 0 Å². The van der Waals surface area contributed by atoms with Gasteiger partial charge in [-0.2, -0.15) is 0 Å². The van der Waals surface area contributed by atoms with Crippen molar-refractivity contribution in [2.75, 3.05) is 13.2 Å². The van der Waals surface area contributed by atoms with Crippen LogP contribution in [0.15, 0.2) is 12.1 Å². The van der Waals surface area contributed by atoms with Crippen LogP contribution < -0.4 is 16.2 Å². The lowest BCUT2D eigenvalue weighted by atomic mass is 9.86. The summed E-state index contributed by atoms with van der Waals surface area (Å²) in [5.74, 6) is 0.482. The third-order valence-electron chi connectivity index (χ3n) is 7.04. The smallest absolute Gasteiger partial charge is 0.434 e. The van der Waals surface area contributed by atoms with Gasteiger partial charge in [-0.05, 0) is 80.7 Å². The van der Waals surface area contributed by atoms with E-state index in [1.807, 2.05) is 27.7 Å². The average molecular weight is 504 g/mol. The molecule has 0 bridgehead atoms. The van der Waals surface area contributed by atoms with E-state index in [2.05, 4.69) is 0 Å². The van der Waals surface area contributed by atoms with E-state index in [0.29, 0.717) is 24.6 Å². The Balaban J connectivity index is 2.04. The molecule has 0 saturated heterocycles. The molecule has 1 saturated carbocycles. The molecule has 2 rings (SSSR count). The first-order valence-electron chi connectivity index (χ1n) is 13.3. The van der Waals surface area contributed by atoms with Gasteiger partial charge >= 0.3 is 6.16 Å². The van der Waals surface area contributed by atoms with E-state index in [1.165, 1.54) is 32.1 Å². The zero-order valence-electron chi connectivity index (χ0n) is 22.7. The molecule has 1 aromatic carbocycles. The van der Waals surface area contributed by atoms with Crippen molar-refractivity contribution < 1.29 is 23.9 Å². The summed E-state index contributed by atoms with van der Waals surface area (Å²) in [4.78, 5) is 38.8. The van der Waals surface area contributed by atoms with Crippen LogP contribution in [-0.4, -0.2) is 48.1 Å². The number of ether oxygens (including phenoxy) is 2. The number of benzene rings is 1. The average Bonchev–Trinajstić information content (AvgIpc) is 2.82. The fourth-order valence-electron chi connectivity index (χ4n) is 4.89. The lowest BCUT2D eigenvalue weighted by Crippen LogP contribution is -2.53. The van der Waals surface area contributed by atoms with Gasteiger partial charge in [-0.1, -0.05) is 46.0 Å². The standard InChI is InChI=1S/C28H45N3O5/c1-18(2)17-35-28(34)36-23-14-19(3)24(20(4)15-23)16-25(29)27(33)31(21(5)26(30)32)13-9-12-22-10-7-6-8-11-22/h14-15,18,21-22,25H,6-13,16-17,29H2,1-5H3,(H2,30,32)/t21-,25+/m1/s1. The highest BCUT2D eigenvalue weighted by molar-refractivity contribution is 5.89. The van der Waals surface area contributed by atoms with E-state index < -0.39 is 24.1 Å². The first-order chi connectivity index (χ1) is 17.0. The van der Waals surface area contributed by atoms with Gasteiger partial charge in [0.1, 0.15) is 11.8 Å². The molecule has 36 heavy (non-hydrogen) atoms. The van der Waals surface area contributed by atoms with Gasteiger partial charge in [0.15, 0.2) is 0 Å². The molecule has 8 heteroatoms. The van der Waals surface area contributed by atoms with Gasteiger partial charge in [0.25, 0.3) is 0 Å². The number of aryl methyl sites for hydroxylation is 2. The molecule has 1 aliphatic rings. The summed E-state index contributed by atoms with van der Waals surface area (Å²) < 4.78 is 10.4. The van der Waals surface area contributed by atoms with Gasteiger partial charge in [-0.25, -0.2) is 4.79 Å². The molecular formula is C28H45N3O5. The van der Waals surface area contributed by atoms with Gasteiger partial charge in [0.2, 0.25) is 11.8 Å². The largest absolute Gasteiger partial charge is 0.513 e. The van der Waals surface area contributed by atoms with Crippen LogP contribution in [0.1, 0.15) is 82.4 Å². The molecule has 1 fully saturated rings. The zero-order chi connectivity index (χ0) is 26.8. The Morgan fingerprint density at radius 1 is 1.06 bits per heavy atom. The summed E-state index contributed by atoms with van der Waals surface area (Å²) in [6, 6.07) is 1.94. The summed E-state index contributed by atoms with van der Waals surface area (Å²) >= 11 is 0. The molecule has 0 aliphatic heterocycles. The Kier molecular flexibility index (Phi) is 11.7. The molecule has 1 aromatic rings. The summed E-state index contributed by atoms with van der Waals surface area (Å²) in [6.45, 7) is 10.1. The molecule has 4 N–H and O–H groups in total. The third kappa shape index (κ3) is 9.12. The fourth-order valence-corrected chi connectivity index (χ4v) is 4.89. The van der Waals surface area contributed by atoms with E-state index in [1.54, 1.807) is 24.0 Å². The molecule has 2 atom stereocenters. The minimum Gasteiger partial charge on any atom is -0.434 e. The van der Waals surface area contributed by atoms with Crippen molar-refractivity contribution in [1.82, 2.24) is 4.90 Å². The molecule has 0 heterocycles. The van der Waals surface area contributed by atoms with Crippen molar-refractivity contribution in [1.29, 1.82) is 0 Å². The predicted octanol–water partition coefficient (Wildman–Crippen LogP) is 4.41. The number of primary amides is 1. The Bertz CT molecular complexity index is 872. The number of nitrogens with zero attached hydrogens (tertiary/aromatic N) is 1. The highest BCUT2D eigenvalue weighted by Gasteiger charge is 2.29. The van der Waals surface area contributed by atoms with Gasteiger partial charge < -0.3 is 25.8 Å². The van der Waals surface area contributed by atoms with Crippen LogP contribution in [0.4, 0.5) is 4.79 Å². The number of carbonyl (C=O) groups excluding carboxylic acids is 3. The Hall–Kier alpha value is -2.61. The van der Waals surface area contributed by atoms with E-state index >= 15 is 0 Å². The predicted molar refractivity (Wildman–Crippen MR) is 141 cm³/mol. The van der Waals surface area contributed by atoms with E-state index in [0.717, 1.165) is 29.5 Å². The molecule has 0 aromatic heterocycles. The molecule has 0 radical (unpaired) electrons. The monoisotopic (exact) mass is 503 g/mol. The van der Waals surface area contributed by atoms with E-state index in [4.69, 9.17) is 20.9 Å². The first-order valence-corrected chi connectivity index (χ1v) is 13.3. The molecular weight excluding hydrogens is 458 g/mol. The second kappa shape index (κ2) is 14.2. The lowest BCUT2D eigenvalue weighted by molar-refractivity contribution is -0.139. The number of rotatable bonds is 12. The van der Waals surface area contributed by atoms with Crippen molar-refractivity contribution in [2.24, 2.45) is 23.3 Å². The van der Waals surface area contributed by atoms with Crippen LogP contribution >= 0.6 is 0 Å². The van der Waals surface area contributed by atoms with Crippen LogP contribution in [0.2, 0.25) is 0 Å². The molecule has 0 unspecified atom stereocenters. The molecule has 0 spiro atoms. The maximum Gasteiger partial charge on any atom is 0.513 e. The number of carbonyl (C=O) groups is 3. The van der Waals surface area contributed by atoms with Crippen molar-refractivity contribution >= 4 is 18.0 Å². The summed E-state index contributed by atoms with van der Waals surface area (Å²) in [5.41, 5.74) is 14.6. The van der Waals surface area contributed by atoms with Crippen LogP contribution in [0.5, 0.6) is 5.75 Å². The summed E-state index contributed by atoms with van der Waals surface area (Å²) in [5, 5.41) is 0. The quantitative estimate of drug-likeness (QED) is 0.322. The second-order valence-corrected chi connectivity index (χ2v) is 10.7. The van der Waals surface area contributed by atoms with Crippen molar-refractivity contribution in [3.63, 3.8) is 0 Å². The second-order valence-electron chi connectivity index (χ2n) is 10.7. The SMILES string of the molecule is Cc1cc(OC(=O)OCC(C)C)cc(C)c1C[C@H](N)C(=O)N(CCCC1CCCCC1)[C@H](C)C(N)=O. The Morgan fingerprint density at radius 2 is 1.67 bits per heavy atom. The maximum atomic E-state index is 13.3. The highest BCUT2D eigenvalue weighted by Crippen LogP contribution is 2.28. The van der Waals surface area contributed by atoms with Crippen LogP contribution in [0.25, 0.3) is 0 Å². The molecule has 202 valence electrons. The topological polar surface area (TPSA) is 125 Å². The van der Waals surface area contributed by atoms with E-state index in [-0.39, 0.29) is 18.4 Å². The van der Waals surface area contributed by atoms with Crippen molar-refractivity contribution in [2.45, 2.75) is 98.1 Å². The first kappa shape index (κ1) is 29.6. The minimum absolute atomic E-state index is 0.214. The molecule has 1 aliphatic carbocycles. The van der Waals surface area contributed by atoms with Gasteiger partial charge in [0, 0.05) is 6.54 Å². The summed E-state index contributed by atoms with van der Waals surface area (Å²) in [7, 11) is 0. The fraction of sp³-hybridized carbons (Fsp3) is 0.679. The number of hydrogen-bond donors (Lipinski definition) is 2. The van der Waals surface area contributed by atoms with Gasteiger partial charge in [-0.3, -0.25) is 9.59 Å². The van der Waals surface area contributed by atoms with E-state index in [9.17, 15) is 14.4 Å². The molecule has 8 nitrogen and oxygen atoms in total. The number of amides is 2. The normalized spacial score (nSPS) is 15.9. The van der Waals surface area contributed by atoms with Crippen molar-refractivity contribution in [3.8, 4) is 5.75 Å². The minimum atomic E-state index is -0.818. The lowest BCUT2D eigenvalue weighted by Gasteiger charge is -2.31. The third-order valence-corrected chi connectivity index (χ3v) is 7.04. The Morgan fingerprint density at radius 3 is 2.22 bits per heavy atom.